The summed E-state index contributed by atoms with van der Waals surface area (Å²) in [6.45, 7) is 0.830. The standard InChI is InChI=1S/C24H26N4O5S.C2HF3O2/c1-32-22-12-18-6-7-20(11-19(18)13-23(22)33-2)34(30,31)27-21-8-9-28(24(21)29)15-17-5-3-4-16(10-17)14-26-25;3-2(4,5)1(6)7/h3-7,10-14,21,27H,8-9,15,25H2,1-2H3;(H,6,7)/t21-;/m0./s1. The number of benzene rings is 3. The number of hydrogen-bond acceptors (Lipinski definition) is 8. The van der Waals surface area contributed by atoms with Crippen LogP contribution in [0.5, 0.6) is 11.5 Å². The minimum absolute atomic E-state index is 0.0762. The zero-order valence-electron chi connectivity index (χ0n) is 21.9. The van der Waals surface area contributed by atoms with Gasteiger partial charge in [0.1, 0.15) is 6.04 Å². The third kappa shape index (κ3) is 7.85. The maximum absolute atomic E-state index is 13.1. The molecule has 41 heavy (non-hydrogen) atoms. The quantitative estimate of drug-likeness (QED) is 0.203. The van der Waals surface area contributed by atoms with Gasteiger partial charge in [-0.2, -0.15) is 23.0 Å². The summed E-state index contributed by atoms with van der Waals surface area (Å²) in [5.74, 6) is 3.25. The maximum Gasteiger partial charge on any atom is 0.490 e. The average molecular weight is 597 g/mol. The summed E-state index contributed by atoms with van der Waals surface area (Å²) in [4.78, 5) is 23.5. The highest BCUT2D eigenvalue weighted by Crippen LogP contribution is 2.33. The monoisotopic (exact) mass is 596 g/mol. The highest BCUT2D eigenvalue weighted by molar-refractivity contribution is 7.89. The van der Waals surface area contributed by atoms with Gasteiger partial charge in [-0.25, -0.2) is 13.2 Å². The van der Waals surface area contributed by atoms with Gasteiger partial charge in [-0.1, -0.05) is 24.3 Å². The smallest absolute Gasteiger partial charge is 0.490 e. The number of halogens is 3. The number of carboxylic acid groups (broad SMARTS) is 1. The van der Waals surface area contributed by atoms with E-state index < -0.39 is 28.2 Å². The van der Waals surface area contributed by atoms with Crippen molar-refractivity contribution in [3.8, 4) is 11.5 Å². The number of nitrogens with two attached hydrogens (primary N) is 1. The number of ether oxygens (including phenoxy) is 2. The van der Waals surface area contributed by atoms with Gasteiger partial charge in [0.15, 0.2) is 11.5 Å². The summed E-state index contributed by atoms with van der Waals surface area (Å²) >= 11 is 0. The predicted octanol–water partition coefficient (Wildman–Crippen LogP) is 2.86. The van der Waals surface area contributed by atoms with Crippen LogP contribution < -0.4 is 20.0 Å². The van der Waals surface area contributed by atoms with Crippen LogP contribution in [0, 0.1) is 0 Å². The largest absolute Gasteiger partial charge is 0.493 e. The Kier molecular flexibility index (Phi) is 9.78. The van der Waals surface area contributed by atoms with Gasteiger partial charge in [0.25, 0.3) is 0 Å². The fraction of sp³-hybridized carbons (Fsp3) is 0.269. The molecule has 0 bridgehead atoms. The molecule has 3 aromatic carbocycles. The number of sulfonamides is 1. The Hall–Kier alpha value is -4.37. The Morgan fingerprint density at radius 1 is 1.12 bits per heavy atom. The van der Waals surface area contributed by atoms with E-state index in [0.717, 1.165) is 16.5 Å². The molecular weight excluding hydrogens is 569 g/mol. The molecule has 1 aliphatic rings. The number of hydrogen-bond donors (Lipinski definition) is 3. The van der Waals surface area contributed by atoms with Gasteiger partial charge in [0.05, 0.1) is 25.3 Å². The number of rotatable bonds is 8. The summed E-state index contributed by atoms with van der Waals surface area (Å²) in [6.07, 6.45) is -3.16. The zero-order chi connectivity index (χ0) is 30.4. The molecule has 1 fully saturated rings. The number of aliphatic carboxylic acids is 1. The van der Waals surface area contributed by atoms with Crippen LogP contribution >= 0.6 is 0 Å². The zero-order valence-corrected chi connectivity index (χ0v) is 22.7. The van der Waals surface area contributed by atoms with Crippen molar-refractivity contribution >= 4 is 38.9 Å². The van der Waals surface area contributed by atoms with Crippen molar-refractivity contribution in [1.29, 1.82) is 0 Å². The molecule has 0 aliphatic carbocycles. The summed E-state index contributed by atoms with van der Waals surface area (Å²) < 4.78 is 71.1. The molecule has 0 saturated carbocycles. The fourth-order valence-electron chi connectivity index (χ4n) is 4.06. The van der Waals surface area contributed by atoms with Gasteiger partial charge in [-0.3, -0.25) is 4.79 Å². The number of methoxy groups -OCH3 is 2. The topological polar surface area (TPSA) is 161 Å². The number of likely N-dealkylation sites (tertiary alicyclic amines) is 1. The molecule has 1 heterocycles. The molecule has 0 radical (unpaired) electrons. The molecule has 0 aromatic heterocycles. The average Bonchev–Trinajstić information content (AvgIpc) is 3.25. The number of alkyl halides is 3. The number of hydrazone groups is 1. The van der Waals surface area contributed by atoms with Crippen molar-refractivity contribution < 1.29 is 45.8 Å². The summed E-state index contributed by atoms with van der Waals surface area (Å²) in [5.41, 5.74) is 1.74. The molecule has 220 valence electrons. The molecule has 3 aromatic rings. The third-order valence-corrected chi connectivity index (χ3v) is 7.48. The van der Waals surface area contributed by atoms with Crippen LogP contribution in [0.2, 0.25) is 0 Å². The lowest BCUT2D eigenvalue weighted by Gasteiger charge is -2.18. The van der Waals surface area contributed by atoms with Crippen molar-refractivity contribution in [1.82, 2.24) is 9.62 Å². The number of carbonyl (C=O) groups excluding carboxylic acids is 1. The SMILES string of the molecule is COc1cc2ccc(S(=O)(=O)N[C@H]3CCN(Cc4cccc(C=NN)c4)C3=O)cc2cc1OC.O=C(O)C(F)(F)F. The summed E-state index contributed by atoms with van der Waals surface area (Å²) in [7, 11) is -0.854. The number of carbonyl (C=O) groups is 2. The van der Waals surface area contributed by atoms with E-state index in [9.17, 15) is 26.4 Å². The van der Waals surface area contributed by atoms with Crippen molar-refractivity contribution in [3.63, 3.8) is 0 Å². The van der Waals surface area contributed by atoms with Gasteiger partial charge >= 0.3 is 12.1 Å². The molecular formula is C26H27F3N4O7S. The van der Waals surface area contributed by atoms with Gasteiger partial charge in [0.2, 0.25) is 15.9 Å². The van der Waals surface area contributed by atoms with E-state index in [4.69, 9.17) is 25.2 Å². The minimum Gasteiger partial charge on any atom is -0.493 e. The highest BCUT2D eigenvalue weighted by atomic mass is 32.2. The molecule has 15 heteroatoms. The van der Waals surface area contributed by atoms with Crippen LogP contribution in [0.15, 0.2) is 64.6 Å². The predicted molar refractivity (Wildman–Crippen MR) is 143 cm³/mol. The Balaban J connectivity index is 0.000000587. The second-order valence-electron chi connectivity index (χ2n) is 8.76. The molecule has 1 amide bonds. The third-order valence-electron chi connectivity index (χ3n) is 6.01. The molecule has 11 nitrogen and oxygen atoms in total. The molecule has 0 unspecified atom stereocenters. The number of nitrogens with zero attached hydrogens (tertiary/aromatic N) is 2. The van der Waals surface area contributed by atoms with Crippen LogP contribution in [0.4, 0.5) is 13.2 Å². The van der Waals surface area contributed by atoms with Crippen molar-refractivity contribution in [2.45, 2.75) is 30.1 Å². The van der Waals surface area contributed by atoms with E-state index in [1.165, 1.54) is 19.4 Å². The van der Waals surface area contributed by atoms with E-state index in [-0.39, 0.29) is 10.8 Å². The number of nitrogens with one attached hydrogen (secondary N) is 1. The second kappa shape index (κ2) is 12.9. The van der Waals surface area contributed by atoms with Crippen LogP contribution in [-0.2, 0) is 26.2 Å². The van der Waals surface area contributed by atoms with E-state index in [1.54, 1.807) is 36.3 Å². The molecule has 0 spiro atoms. The molecule has 1 atom stereocenters. The first-order valence-electron chi connectivity index (χ1n) is 11.9. The maximum atomic E-state index is 13.1. The van der Waals surface area contributed by atoms with E-state index in [1.807, 2.05) is 24.3 Å². The fourth-order valence-corrected chi connectivity index (χ4v) is 5.32. The van der Waals surface area contributed by atoms with Gasteiger partial charge in [-0.15, -0.1) is 0 Å². The first-order valence-corrected chi connectivity index (χ1v) is 13.4. The first kappa shape index (κ1) is 31.2. The number of amides is 1. The van der Waals surface area contributed by atoms with Crippen LogP contribution in [0.25, 0.3) is 10.8 Å². The molecule has 1 saturated heterocycles. The van der Waals surface area contributed by atoms with E-state index >= 15 is 0 Å². The Bertz CT molecular complexity index is 1560. The first-order chi connectivity index (χ1) is 19.3. The Morgan fingerprint density at radius 2 is 1.76 bits per heavy atom. The van der Waals surface area contributed by atoms with E-state index in [2.05, 4.69) is 9.82 Å². The lowest BCUT2D eigenvalue weighted by atomic mass is 10.1. The molecule has 4 N–H and O–H groups in total. The van der Waals surface area contributed by atoms with Crippen LogP contribution in [-0.4, -0.2) is 69.5 Å². The van der Waals surface area contributed by atoms with Gasteiger partial charge in [-0.05, 0) is 58.7 Å². The van der Waals surface area contributed by atoms with Crippen LogP contribution in [0.3, 0.4) is 0 Å². The number of carboxylic acids is 1. The van der Waals surface area contributed by atoms with Gasteiger partial charge < -0.3 is 25.3 Å². The summed E-state index contributed by atoms with van der Waals surface area (Å²) in [5, 5.41) is 12.1. The second-order valence-corrected chi connectivity index (χ2v) is 10.5. The Morgan fingerprint density at radius 3 is 2.34 bits per heavy atom. The van der Waals surface area contributed by atoms with Crippen molar-refractivity contribution in [2.75, 3.05) is 20.8 Å². The molecule has 4 rings (SSSR count). The molecule has 1 aliphatic heterocycles. The highest BCUT2D eigenvalue weighted by Gasteiger charge is 2.38. The Labute approximate surface area is 233 Å². The van der Waals surface area contributed by atoms with Crippen molar-refractivity contribution in [3.05, 3.63) is 65.7 Å². The lowest BCUT2D eigenvalue weighted by Crippen LogP contribution is -2.41. The summed E-state index contributed by atoms with van der Waals surface area (Å²) in [6, 6.07) is 15.0. The normalized spacial score (nSPS) is 15.6. The lowest BCUT2D eigenvalue weighted by molar-refractivity contribution is -0.192. The van der Waals surface area contributed by atoms with Gasteiger partial charge in [0, 0.05) is 13.1 Å². The minimum atomic E-state index is -5.08. The van der Waals surface area contributed by atoms with E-state index in [0.29, 0.717) is 36.4 Å². The van der Waals surface area contributed by atoms with Crippen molar-refractivity contribution in [2.24, 2.45) is 10.9 Å². The number of fused-ring (bicyclic) bond motifs is 1. The van der Waals surface area contributed by atoms with Crippen LogP contribution in [0.1, 0.15) is 17.5 Å².